The third-order valence-electron chi connectivity index (χ3n) is 4.06. The van der Waals surface area contributed by atoms with Crippen molar-refractivity contribution in [3.63, 3.8) is 0 Å². The van der Waals surface area contributed by atoms with Crippen LogP contribution in [0.15, 0.2) is 67.3 Å². The number of hydrogen-bond donors (Lipinski definition) is 0. The largest absolute Gasteiger partial charge is 0.329 e. The zero-order valence-electron chi connectivity index (χ0n) is 14.6. The average molecular weight is 386 g/mol. The minimum absolute atomic E-state index is 0.0267. The van der Waals surface area contributed by atoms with E-state index in [4.69, 9.17) is 0 Å². The van der Waals surface area contributed by atoms with Crippen LogP contribution in [0.1, 0.15) is 15.9 Å². The van der Waals surface area contributed by atoms with Gasteiger partial charge in [0.1, 0.15) is 5.69 Å². The van der Waals surface area contributed by atoms with E-state index in [-0.39, 0.29) is 23.5 Å². The number of hydrogen-bond acceptors (Lipinski definition) is 4. The highest BCUT2D eigenvalue weighted by molar-refractivity contribution is 5.95. The molecule has 144 valence electrons. The molecule has 0 saturated carbocycles. The highest BCUT2D eigenvalue weighted by atomic mass is 19.3. The Kier molecular flexibility index (Phi) is 5.73. The van der Waals surface area contributed by atoms with E-state index in [0.717, 1.165) is 11.0 Å². The molecule has 0 aliphatic rings. The molecule has 0 saturated heterocycles. The maximum absolute atomic E-state index is 13.0. The Morgan fingerprint density at radius 2 is 1.96 bits per heavy atom. The zero-order chi connectivity index (χ0) is 20.1. The number of imidazole rings is 1. The van der Waals surface area contributed by atoms with Gasteiger partial charge in [0.05, 0.1) is 17.8 Å². The van der Waals surface area contributed by atoms with Gasteiger partial charge in [-0.05, 0) is 17.7 Å². The molecule has 2 aromatic carbocycles. The molecule has 1 amide bonds. The Morgan fingerprint density at radius 1 is 1.21 bits per heavy atom. The first kappa shape index (κ1) is 19.2. The maximum atomic E-state index is 13.0. The lowest BCUT2D eigenvalue weighted by Crippen LogP contribution is -2.34. The number of carbonyl (C=O) groups excluding carboxylic acids is 1. The number of nitrogens with zero attached hydrogens (tertiary/aromatic N) is 4. The molecule has 0 bridgehead atoms. The summed E-state index contributed by atoms with van der Waals surface area (Å²) in [5, 5.41) is 11.5. The second kappa shape index (κ2) is 8.38. The van der Waals surface area contributed by atoms with Crippen molar-refractivity contribution < 1.29 is 18.5 Å². The van der Waals surface area contributed by atoms with Gasteiger partial charge in [-0.25, -0.2) is 13.8 Å². The molecule has 0 atom stereocenters. The Hall–Kier alpha value is -3.62. The van der Waals surface area contributed by atoms with Gasteiger partial charge in [-0.15, -0.1) is 0 Å². The fraction of sp³-hybridized carbons (Fsp3) is 0.158. The molecule has 1 heterocycles. The lowest BCUT2D eigenvalue weighted by atomic mass is 10.1. The topological polar surface area (TPSA) is 81.3 Å². The number of nitro benzene ring substituents is 1. The van der Waals surface area contributed by atoms with Crippen LogP contribution in [0.2, 0.25) is 0 Å². The standard InChI is InChI=1S/C19H16F2N4O3/c20-18(21)12-24(11-14-4-2-1-3-5-14)19(26)15-6-7-16(17(10-15)25(27)28)23-9-8-22-13-23/h1-10,13,18H,11-12H2. The molecule has 0 spiro atoms. The molecule has 7 nitrogen and oxygen atoms in total. The van der Waals surface area contributed by atoms with Gasteiger partial charge in [-0.3, -0.25) is 14.9 Å². The molecular formula is C19H16F2N4O3. The van der Waals surface area contributed by atoms with Crippen molar-refractivity contribution in [3.8, 4) is 5.69 Å². The van der Waals surface area contributed by atoms with E-state index in [1.165, 1.54) is 35.4 Å². The molecule has 3 aromatic rings. The van der Waals surface area contributed by atoms with Crippen molar-refractivity contribution in [2.45, 2.75) is 13.0 Å². The molecule has 1 aromatic heterocycles. The van der Waals surface area contributed by atoms with E-state index < -0.39 is 23.8 Å². The first-order chi connectivity index (χ1) is 13.5. The van der Waals surface area contributed by atoms with E-state index in [0.29, 0.717) is 5.56 Å². The van der Waals surface area contributed by atoms with Gasteiger partial charge < -0.3 is 9.47 Å². The molecule has 9 heteroatoms. The lowest BCUT2D eigenvalue weighted by molar-refractivity contribution is -0.384. The predicted molar refractivity (Wildman–Crippen MR) is 97.4 cm³/mol. The summed E-state index contributed by atoms with van der Waals surface area (Å²) < 4.78 is 27.5. The van der Waals surface area contributed by atoms with Crippen LogP contribution in [0.5, 0.6) is 0 Å². The number of carbonyl (C=O) groups is 1. The van der Waals surface area contributed by atoms with E-state index in [9.17, 15) is 23.7 Å². The lowest BCUT2D eigenvalue weighted by Gasteiger charge is -2.22. The molecule has 0 unspecified atom stereocenters. The van der Waals surface area contributed by atoms with Crippen molar-refractivity contribution in [2.24, 2.45) is 0 Å². The average Bonchev–Trinajstić information content (AvgIpc) is 3.21. The van der Waals surface area contributed by atoms with Crippen molar-refractivity contribution in [1.82, 2.24) is 14.5 Å². The SMILES string of the molecule is O=C(c1ccc(-n2ccnc2)c([N+](=O)[O-])c1)N(Cc1ccccc1)CC(F)F. The molecule has 0 aliphatic heterocycles. The molecule has 0 radical (unpaired) electrons. The summed E-state index contributed by atoms with van der Waals surface area (Å²) in [5.74, 6) is -0.704. The second-order valence-corrected chi connectivity index (χ2v) is 5.99. The Labute approximate surface area is 159 Å². The quantitative estimate of drug-likeness (QED) is 0.458. The molecule has 3 rings (SSSR count). The number of benzene rings is 2. The minimum Gasteiger partial charge on any atom is -0.329 e. The molecule has 0 aliphatic carbocycles. The summed E-state index contributed by atoms with van der Waals surface area (Å²) in [5.41, 5.74) is 0.552. The van der Waals surface area contributed by atoms with Crippen LogP contribution in [0.3, 0.4) is 0 Å². The van der Waals surface area contributed by atoms with Crippen LogP contribution in [-0.2, 0) is 6.54 Å². The summed E-state index contributed by atoms with van der Waals surface area (Å²) in [7, 11) is 0. The number of amides is 1. The van der Waals surface area contributed by atoms with Crippen LogP contribution >= 0.6 is 0 Å². The number of alkyl halides is 2. The number of rotatable bonds is 7. The second-order valence-electron chi connectivity index (χ2n) is 5.99. The summed E-state index contributed by atoms with van der Waals surface area (Å²) in [6.07, 6.45) is 1.66. The van der Waals surface area contributed by atoms with Crippen molar-refractivity contribution in [1.29, 1.82) is 0 Å². The summed E-state index contributed by atoms with van der Waals surface area (Å²) >= 11 is 0. The van der Waals surface area contributed by atoms with Gasteiger partial charge in [-0.2, -0.15) is 0 Å². The number of aromatic nitrogens is 2. The summed E-state index contributed by atoms with van der Waals surface area (Å²) in [6, 6.07) is 12.6. The summed E-state index contributed by atoms with van der Waals surface area (Å²) in [6.45, 7) is -0.800. The normalized spacial score (nSPS) is 10.8. The van der Waals surface area contributed by atoms with Gasteiger partial charge in [0, 0.05) is 30.6 Å². The Morgan fingerprint density at radius 3 is 2.57 bits per heavy atom. The third-order valence-corrected chi connectivity index (χ3v) is 4.06. The Balaban J connectivity index is 1.94. The molecular weight excluding hydrogens is 370 g/mol. The van der Waals surface area contributed by atoms with E-state index >= 15 is 0 Å². The third kappa shape index (κ3) is 4.37. The van der Waals surface area contributed by atoms with Crippen molar-refractivity contribution in [2.75, 3.05) is 6.54 Å². The Bertz CT molecular complexity index is 963. The fourth-order valence-electron chi connectivity index (χ4n) is 2.79. The predicted octanol–water partition coefficient (Wildman–Crippen LogP) is 3.69. The zero-order valence-corrected chi connectivity index (χ0v) is 14.6. The van der Waals surface area contributed by atoms with Crippen LogP contribution in [0.25, 0.3) is 5.69 Å². The molecule has 0 fully saturated rings. The van der Waals surface area contributed by atoms with Crippen molar-refractivity contribution >= 4 is 11.6 Å². The first-order valence-corrected chi connectivity index (χ1v) is 8.34. The van der Waals surface area contributed by atoms with Crippen LogP contribution < -0.4 is 0 Å². The van der Waals surface area contributed by atoms with E-state index in [1.807, 2.05) is 0 Å². The highest BCUT2D eigenvalue weighted by Crippen LogP contribution is 2.25. The van der Waals surface area contributed by atoms with Gasteiger partial charge in [0.15, 0.2) is 0 Å². The van der Waals surface area contributed by atoms with Gasteiger partial charge in [-0.1, -0.05) is 30.3 Å². The van der Waals surface area contributed by atoms with Gasteiger partial charge in [0.25, 0.3) is 18.0 Å². The van der Waals surface area contributed by atoms with Crippen molar-refractivity contribution in [3.05, 3.63) is 88.5 Å². The smallest absolute Gasteiger partial charge is 0.294 e. The number of nitro groups is 1. The van der Waals surface area contributed by atoms with Crippen LogP contribution in [-0.4, -0.2) is 38.3 Å². The monoisotopic (exact) mass is 386 g/mol. The van der Waals surface area contributed by atoms with Gasteiger partial charge in [0.2, 0.25) is 0 Å². The molecule has 0 N–H and O–H groups in total. The van der Waals surface area contributed by atoms with E-state index in [1.54, 1.807) is 30.3 Å². The van der Waals surface area contributed by atoms with Gasteiger partial charge >= 0.3 is 0 Å². The summed E-state index contributed by atoms with van der Waals surface area (Å²) in [4.78, 5) is 28.5. The van der Waals surface area contributed by atoms with E-state index in [2.05, 4.69) is 4.98 Å². The maximum Gasteiger partial charge on any atom is 0.294 e. The van der Waals surface area contributed by atoms with Crippen LogP contribution in [0, 0.1) is 10.1 Å². The minimum atomic E-state index is -2.73. The highest BCUT2D eigenvalue weighted by Gasteiger charge is 2.24. The number of halogens is 2. The van der Waals surface area contributed by atoms with Crippen LogP contribution in [0.4, 0.5) is 14.5 Å². The first-order valence-electron chi connectivity index (χ1n) is 8.34. The molecule has 28 heavy (non-hydrogen) atoms. The fourth-order valence-corrected chi connectivity index (χ4v) is 2.79.